The van der Waals surface area contributed by atoms with E-state index >= 15 is 0 Å². The molecular weight excluding hydrogens is 299 g/mol. The van der Waals surface area contributed by atoms with Crippen LogP contribution in [0, 0.1) is 5.82 Å². The lowest BCUT2D eigenvalue weighted by atomic mass is 10.0. The summed E-state index contributed by atoms with van der Waals surface area (Å²) in [7, 11) is 0. The van der Waals surface area contributed by atoms with E-state index in [1.165, 1.54) is 18.3 Å². The van der Waals surface area contributed by atoms with Crippen molar-refractivity contribution in [1.29, 1.82) is 0 Å². The summed E-state index contributed by atoms with van der Waals surface area (Å²) in [6.07, 6.45) is 3.14. The zero-order valence-corrected chi connectivity index (χ0v) is 12.4. The molecule has 3 rings (SSSR count). The van der Waals surface area contributed by atoms with Crippen LogP contribution in [-0.4, -0.2) is 10.9 Å². The van der Waals surface area contributed by atoms with Crippen LogP contribution in [-0.2, 0) is 0 Å². The van der Waals surface area contributed by atoms with Gasteiger partial charge < -0.3 is 5.32 Å². The van der Waals surface area contributed by atoms with E-state index in [9.17, 15) is 9.18 Å². The van der Waals surface area contributed by atoms with E-state index in [-0.39, 0.29) is 17.8 Å². The third-order valence-corrected chi connectivity index (χ3v) is 4.17. The number of hydrogen-bond donors (Lipinski definition) is 1. The molecule has 5 heteroatoms. The van der Waals surface area contributed by atoms with E-state index in [4.69, 9.17) is 0 Å². The molecule has 1 atom stereocenters. The summed E-state index contributed by atoms with van der Waals surface area (Å²) >= 11 is 1.54. The van der Waals surface area contributed by atoms with E-state index in [0.717, 1.165) is 10.4 Å². The first-order chi connectivity index (χ1) is 10.7. The van der Waals surface area contributed by atoms with Gasteiger partial charge in [-0.1, -0.05) is 18.2 Å². The average Bonchev–Trinajstić information content (AvgIpc) is 3.08. The van der Waals surface area contributed by atoms with Crippen LogP contribution >= 0.6 is 11.3 Å². The van der Waals surface area contributed by atoms with Gasteiger partial charge in [-0.15, -0.1) is 11.3 Å². The second-order valence-corrected chi connectivity index (χ2v) is 5.69. The minimum absolute atomic E-state index is 0.212. The van der Waals surface area contributed by atoms with Gasteiger partial charge in [0.2, 0.25) is 0 Å². The van der Waals surface area contributed by atoms with Crippen molar-refractivity contribution in [3.05, 3.63) is 88.1 Å². The molecule has 1 aromatic carbocycles. The molecule has 0 spiro atoms. The van der Waals surface area contributed by atoms with Crippen molar-refractivity contribution in [2.24, 2.45) is 0 Å². The van der Waals surface area contributed by atoms with Crippen molar-refractivity contribution in [2.75, 3.05) is 0 Å². The molecular formula is C17H13FN2OS. The third-order valence-electron chi connectivity index (χ3n) is 3.23. The molecule has 3 nitrogen and oxygen atoms in total. The maximum absolute atomic E-state index is 13.1. The number of carbonyl (C=O) groups is 1. The van der Waals surface area contributed by atoms with E-state index in [1.807, 2.05) is 17.5 Å². The number of halogens is 1. The first-order valence-corrected chi connectivity index (χ1v) is 7.62. The first-order valence-electron chi connectivity index (χ1n) is 6.74. The molecule has 0 aliphatic rings. The Morgan fingerprint density at radius 3 is 2.59 bits per heavy atom. The molecule has 1 unspecified atom stereocenters. The van der Waals surface area contributed by atoms with Crippen LogP contribution in [0.5, 0.6) is 0 Å². The van der Waals surface area contributed by atoms with Crippen molar-refractivity contribution in [2.45, 2.75) is 6.04 Å². The SMILES string of the molecule is O=C(NC(c1ccc(F)cc1)c1cccs1)c1cccnc1. The lowest BCUT2D eigenvalue weighted by Crippen LogP contribution is -2.28. The lowest BCUT2D eigenvalue weighted by Gasteiger charge is -2.18. The molecule has 1 N–H and O–H groups in total. The molecule has 3 aromatic rings. The number of carbonyl (C=O) groups excluding carboxylic acids is 1. The number of benzene rings is 1. The van der Waals surface area contributed by atoms with Crippen LogP contribution in [0.4, 0.5) is 4.39 Å². The van der Waals surface area contributed by atoms with Gasteiger partial charge in [0.1, 0.15) is 5.82 Å². The largest absolute Gasteiger partial charge is 0.340 e. The Hall–Kier alpha value is -2.53. The highest BCUT2D eigenvalue weighted by atomic mass is 32.1. The number of amides is 1. The zero-order chi connectivity index (χ0) is 15.4. The number of nitrogens with one attached hydrogen (secondary N) is 1. The fourth-order valence-electron chi connectivity index (χ4n) is 2.14. The van der Waals surface area contributed by atoms with Gasteiger partial charge in [0.05, 0.1) is 11.6 Å². The zero-order valence-electron chi connectivity index (χ0n) is 11.6. The highest BCUT2D eigenvalue weighted by molar-refractivity contribution is 7.10. The van der Waals surface area contributed by atoms with Crippen molar-refractivity contribution in [3.63, 3.8) is 0 Å². The Morgan fingerprint density at radius 2 is 1.95 bits per heavy atom. The second kappa shape index (κ2) is 6.49. The molecule has 0 bridgehead atoms. The molecule has 0 saturated heterocycles. The fraction of sp³-hybridized carbons (Fsp3) is 0.0588. The lowest BCUT2D eigenvalue weighted by molar-refractivity contribution is 0.0943. The predicted octanol–water partition coefficient (Wildman–Crippen LogP) is 3.80. The molecule has 1 amide bonds. The minimum Gasteiger partial charge on any atom is -0.340 e. The molecule has 0 aliphatic carbocycles. The Balaban J connectivity index is 1.90. The Labute approximate surface area is 131 Å². The monoisotopic (exact) mass is 312 g/mol. The van der Waals surface area contributed by atoms with Crippen LogP contribution in [0.25, 0.3) is 0 Å². The van der Waals surface area contributed by atoms with Crippen LogP contribution in [0.2, 0.25) is 0 Å². The van der Waals surface area contributed by atoms with Gasteiger partial charge >= 0.3 is 0 Å². The van der Waals surface area contributed by atoms with Crippen molar-refractivity contribution in [3.8, 4) is 0 Å². The summed E-state index contributed by atoms with van der Waals surface area (Å²) in [5.74, 6) is -0.511. The summed E-state index contributed by atoms with van der Waals surface area (Å²) in [6.45, 7) is 0. The maximum atomic E-state index is 13.1. The predicted molar refractivity (Wildman–Crippen MR) is 84.3 cm³/mol. The van der Waals surface area contributed by atoms with Gasteiger partial charge in [0.25, 0.3) is 5.91 Å². The molecule has 110 valence electrons. The molecule has 0 radical (unpaired) electrons. The third kappa shape index (κ3) is 3.20. The quantitative estimate of drug-likeness (QED) is 0.796. The standard InChI is InChI=1S/C17H13FN2OS/c18-14-7-5-12(6-8-14)16(15-4-2-10-22-15)20-17(21)13-3-1-9-19-11-13/h1-11,16H,(H,20,21). The maximum Gasteiger partial charge on any atom is 0.253 e. The van der Waals surface area contributed by atoms with E-state index < -0.39 is 0 Å². The van der Waals surface area contributed by atoms with E-state index in [1.54, 1.807) is 41.8 Å². The number of rotatable bonds is 4. The molecule has 2 aromatic heterocycles. The Kier molecular flexibility index (Phi) is 4.25. The van der Waals surface area contributed by atoms with Gasteiger partial charge in [-0.3, -0.25) is 9.78 Å². The Morgan fingerprint density at radius 1 is 1.14 bits per heavy atom. The van der Waals surface area contributed by atoms with Crippen molar-refractivity contribution < 1.29 is 9.18 Å². The molecule has 22 heavy (non-hydrogen) atoms. The normalized spacial score (nSPS) is 11.9. The van der Waals surface area contributed by atoms with Crippen molar-refractivity contribution >= 4 is 17.2 Å². The van der Waals surface area contributed by atoms with Crippen LogP contribution in [0.3, 0.4) is 0 Å². The van der Waals surface area contributed by atoms with Gasteiger partial charge in [-0.05, 0) is 41.3 Å². The molecule has 0 aliphatic heterocycles. The Bertz CT molecular complexity index is 742. The summed E-state index contributed by atoms with van der Waals surface area (Å²) in [4.78, 5) is 17.3. The molecule has 2 heterocycles. The van der Waals surface area contributed by atoms with Crippen LogP contribution in [0.1, 0.15) is 26.8 Å². The highest BCUT2D eigenvalue weighted by Gasteiger charge is 2.18. The number of nitrogens with zero attached hydrogens (tertiary/aromatic N) is 1. The summed E-state index contributed by atoms with van der Waals surface area (Å²) in [5, 5.41) is 4.93. The number of thiophene rings is 1. The summed E-state index contributed by atoms with van der Waals surface area (Å²) in [5.41, 5.74) is 1.33. The van der Waals surface area contributed by atoms with Crippen molar-refractivity contribution in [1.82, 2.24) is 10.3 Å². The fourth-order valence-corrected chi connectivity index (χ4v) is 2.94. The first kappa shape index (κ1) is 14.4. The number of pyridine rings is 1. The number of hydrogen-bond acceptors (Lipinski definition) is 3. The van der Waals surface area contributed by atoms with Gasteiger partial charge in [-0.25, -0.2) is 4.39 Å². The molecule has 0 saturated carbocycles. The average molecular weight is 312 g/mol. The van der Waals surface area contributed by atoms with Gasteiger partial charge in [-0.2, -0.15) is 0 Å². The smallest absolute Gasteiger partial charge is 0.253 e. The minimum atomic E-state index is -0.312. The highest BCUT2D eigenvalue weighted by Crippen LogP contribution is 2.26. The second-order valence-electron chi connectivity index (χ2n) is 4.72. The van der Waals surface area contributed by atoms with E-state index in [2.05, 4.69) is 10.3 Å². The van der Waals surface area contributed by atoms with E-state index in [0.29, 0.717) is 5.56 Å². The summed E-state index contributed by atoms with van der Waals surface area (Å²) < 4.78 is 13.1. The van der Waals surface area contributed by atoms with Gasteiger partial charge in [0, 0.05) is 17.3 Å². The topological polar surface area (TPSA) is 42.0 Å². The van der Waals surface area contributed by atoms with Crippen LogP contribution < -0.4 is 5.32 Å². The van der Waals surface area contributed by atoms with Crippen LogP contribution in [0.15, 0.2) is 66.3 Å². The van der Waals surface area contributed by atoms with Gasteiger partial charge in [0.15, 0.2) is 0 Å². The number of aromatic nitrogens is 1. The molecule has 0 fully saturated rings. The summed E-state index contributed by atoms with van der Waals surface area (Å²) in [6, 6.07) is 13.1.